The fourth-order valence-electron chi connectivity index (χ4n) is 3.47. The number of aromatic amines is 1. The Morgan fingerprint density at radius 2 is 1.81 bits per heavy atom. The van der Waals surface area contributed by atoms with E-state index < -0.39 is 81.8 Å². The van der Waals surface area contributed by atoms with Gasteiger partial charge in [-0.15, -0.1) is 0 Å². The fourth-order valence-corrected chi connectivity index (χ4v) is 5.62. The minimum atomic E-state index is -5.50. The summed E-state index contributed by atoms with van der Waals surface area (Å²) < 4.78 is 49.2. The van der Waals surface area contributed by atoms with E-state index in [1.165, 1.54) is 27.0 Å². The average molecular weight is 560 g/mol. The third-order valence-corrected chi connectivity index (χ3v) is 7.98. The van der Waals surface area contributed by atoms with E-state index in [9.17, 15) is 48.6 Å². The number of aliphatic hydroxyl groups is 3. The van der Waals surface area contributed by atoms with E-state index in [1.54, 1.807) is 0 Å². The fraction of sp³-hybridized carbons (Fsp3) is 0.706. The van der Waals surface area contributed by atoms with Gasteiger partial charge in [-0.1, -0.05) is 0 Å². The minimum Gasteiger partial charge on any atom is -0.390 e. The molecule has 0 spiro atoms. The third kappa shape index (κ3) is 6.45. The molecule has 17 nitrogen and oxygen atoms in total. The average Bonchev–Trinajstić information content (AvgIpc) is 3.11. The van der Waals surface area contributed by atoms with Gasteiger partial charge in [0.2, 0.25) is 0 Å². The molecule has 2 aliphatic heterocycles. The minimum absolute atomic E-state index is 0.161. The second-order valence-corrected chi connectivity index (χ2v) is 11.6. The van der Waals surface area contributed by atoms with Gasteiger partial charge in [-0.25, -0.2) is 13.9 Å². The van der Waals surface area contributed by atoms with Crippen LogP contribution >= 0.6 is 15.6 Å². The Bertz CT molecular complexity index is 1210. The number of carbonyl (C=O) groups excluding carboxylic acids is 1. The molecule has 0 radical (unpaired) electrons. The van der Waals surface area contributed by atoms with E-state index >= 15 is 0 Å². The lowest BCUT2D eigenvalue weighted by molar-refractivity contribution is -0.250. The maximum atomic E-state index is 12.2. The van der Waals surface area contributed by atoms with Gasteiger partial charge in [-0.05, 0) is 20.8 Å². The summed E-state index contributed by atoms with van der Waals surface area (Å²) in [5.41, 5.74) is -2.98. The molecular weight excluding hydrogens is 534 g/mol. The van der Waals surface area contributed by atoms with Crippen LogP contribution in [0.3, 0.4) is 0 Å². The van der Waals surface area contributed by atoms with Crippen LogP contribution in [-0.4, -0.2) is 83.4 Å². The topological polar surface area (TPSA) is 253 Å². The molecule has 1 aromatic rings. The van der Waals surface area contributed by atoms with E-state index in [1.807, 2.05) is 0 Å². The number of aliphatic hydroxyl groups excluding tert-OH is 3. The van der Waals surface area contributed by atoms with Crippen molar-refractivity contribution in [2.75, 3.05) is 6.61 Å². The Labute approximate surface area is 202 Å². The molecule has 2 unspecified atom stereocenters. The van der Waals surface area contributed by atoms with Gasteiger partial charge in [0.05, 0.1) is 12.7 Å². The van der Waals surface area contributed by atoms with E-state index in [4.69, 9.17) is 9.47 Å². The molecule has 3 heterocycles. The van der Waals surface area contributed by atoms with Crippen LogP contribution < -0.4 is 11.2 Å². The van der Waals surface area contributed by atoms with Gasteiger partial charge >= 0.3 is 21.3 Å². The SMILES string of the molecule is Cc1cn([C@H]2C[C@H](O)[C@@H](COP(=O)(O)OP(=O)(O)O[C@H]3OC(C)(C)C(=O)[C@@H](O)[C@H]3O)O2)c(=O)[nH]c1=O. The molecule has 19 heteroatoms. The second-order valence-electron chi connectivity index (χ2n) is 8.63. The number of rotatable bonds is 8. The zero-order valence-corrected chi connectivity index (χ0v) is 20.9. The van der Waals surface area contributed by atoms with Gasteiger partial charge in [0.15, 0.2) is 12.1 Å². The highest BCUT2D eigenvalue weighted by Gasteiger charge is 2.52. The van der Waals surface area contributed by atoms with Crippen LogP contribution in [0.2, 0.25) is 0 Å². The van der Waals surface area contributed by atoms with Crippen molar-refractivity contribution in [3.05, 3.63) is 32.6 Å². The number of phosphoric acid groups is 2. The summed E-state index contributed by atoms with van der Waals surface area (Å²) in [5.74, 6) is -0.938. The Morgan fingerprint density at radius 1 is 1.17 bits per heavy atom. The second kappa shape index (κ2) is 10.3. The van der Waals surface area contributed by atoms with Crippen molar-refractivity contribution in [2.24, 2.45) is 0 Å². The van der Waals surface area contributed by atoms with Gasteiger partial charge < -0.3 is 34.6 Å². The van der Waals surface area contributed by atoms with Crippen LogP contribution in [0.25, 0.3) is 0 Å². The molecule has 36 heavy (non-hydrogen) atoms. The maximum Gasteiger partial charge on any atom is 0.483 e. The number of nitrogens with zero attached hydrogens (tertiary/aromatic N) is 1. The summed E-state index contributed by atoms with van der Waals surface area (Å²) in [7, 11) is -10.9. The monoisotopic (exact) mass is 560 g/mol. The van der Waals surface area contributed by atoms with Crippen molar-refractivity contribution in [1.82, 2.24) is 9.55 Å². The number of hydrogen-bond donors (Lipinski definition) is 6. The molecular formula is C17H26N2O15P2. The van der Waals surface area contributed by atoms with Crippen LogP contribution in [0.4, 0.5) is 0 Å². The van der Waals surface area contributed by atoms with Crippen LogP contribution in [0, 0.1) is 6.92 Å². The van der Waals surface area contributed by atoms with Crippen molar-refractivity contribution in [1.29, 1.82) is 0 Å². The first-order chi connectivity index (χ1) is 16.4. The van der Waals surface area contributed by atoms with E-state index in [0.717, 1.165) is 4.57 Å². The van der Waals surface area contributed by atoms with Crippen LogP contribution in [0.15, 0.2) is 15.8 Å². The summed E-state index contributed by atoms with van der Waals surface area (Å²) in [4.78, 5) is 57.1. The standard InChI is InChI=1S/C17H26N2O15P2/c1-7-5-19(16(25)18-14(7)24)10-4-8(20)9(31-10)6-30-35(26,27)34-36(28,29)33-15-12(22)11(21)13(23)17(2,3)32-15/h5,8-12,15,20-22H,4,6H2,1-3H3,(H,26,27)(H,28,29)(H,18,24,25)/t8-,9+,10+,11-,12+,15+/m0/s1. The largest absolute Gasteiger partial charge is 0.483 e. The highest BCUT2D eigenvalue weighted by molar-refractivity contribution is 7.61. The number of aromatic nitrogens is 2. The van der Waals surface area contributed by atoms with Gasteiger partial charge in [-0.2, -0.15) is 4.31 Å². The number of hydrogen-bond acceptors (Lipinski definition) is 13. The molecule has 6 N–H and O–H groups in total. The summed E-state index contributed by atoms with van der Waals surface area (Å²) in [6, 6.07) is 0. The molecule has 0 amide bonds. The number of Topliss-reactive ketones (excluding diaryl/α,β-unsaturated/α-hetero) is 1. The Hall–Kier alpha value is -1.59. The van der Waals surface area contributed by atoms with Crippen molar-refractivity contribution in [2.45, 2.75) is 69.7 Å². The summed E-state index contributed by atoms with van der Waals surface area (Å²) in [5, 5.41) is 29.9. The number of ether oxygens (including phenoxy) is 2. The molecule has 2 saturated heterocycles. The highest BCUT2D eigenvalue weighted by atomic mass is 31.3. The van der Waals surface area contributed by atoms with Crippen molar-refractivity contribution in [3.8, 4) is 0 Å². The Balaban J connectivity index is 1.61. The van der Waals surface area contributed by atoms with Gasteiger partial charge in [0, 0.05) is 18.2 Å². The molecule has 2 fully saturated rings. The Kier molecular flexibility index (Phi) is 8.28. The van der Waals surface area contributed by atoms with Crippen LogP contribution in [0.1, 0.15) is 32.1 Å². The molecule has 3 rings (SSSR count). The lowest BCUT2D eigenvalue weighted by atomic mass is 9.92. The molecule has 8 atom stereocenters. The molecule has 1 aromatic heterocycles. The van der Waals surface area contributed by atoms with Crippen molar-refractivity contribution >= 4 is 21.4 Å². The third-order valence-electron chi connectivity index (χ3n) is 5.38. The zero-order chi connectivity index (χ0) is 27.2. The summed E-state index contributed by atoms with van der Waals surface area (Å²) in [6.07, 6.45) is -8.87. The molecule has 0 saturated carbocycles. The number of carbonyl (C=O) groups is 1. The molecule has 204 valence electrons. The first kappa shape index (κ1) is 29.0. The predicted octanol–water partition coefficient (Wildman–Crippen LogP) is -1.83. The van der Waals surface area contributed by atoms with E-state index in [2.05, 4.69) is 18.3 Å². The number of H-pyrrole nitrogens is 1. The van der Waals surface area contributed by atoms with Gasteiger partial charge in [0.1, 0.15) is 30.1 Å². The first-order valence-corrected chi connectivity index (χ1v) is 13.4. The zero-order valence-electron chi connectivity index (χ0n) is 19.1. The van der Waals surface area contributed by atoms with Crippen molar-refractivity contribution in [3.63, 3.8) is 0 Å². The number of phosphoric ester groups is 2. The molecule has 0 aliphatic carbocycles. The smallest absolute Gasteiger partial charge is 0.390 e. The van der Waals surface area contributed by atoms with Gasteiger partial charge in [0.25, 0.3) is 5.56 Å². The highest BCUT2D eigenvalue weighted by Crippen LogP contribution is 2.61. The molecule has 0 bridgehead atoms. The van der Waals surface area contributed by atoms with E-state index in [0.29, 0.717) is 0 Å². The van der Waals surface area contributed by atoms with Crippen molar-refractivity contribution < 1.29 is 61.9 Å². The number of ketones is 1. The number of nitrogens with one attached hydrogen (secondary N) is 1. The lowest BCUT2D eigenvalue weighted by Crippen LogP contribution is -2.59. The molecule has 0 aromatic carbocycles. The maximum absolute atomic E-state index is 12.2. The molecule has 2 aliphatic rings. The number of aryl methyl sites for hydroxylation is 1. The predicted molar refractivity (Wildman–Crippen MR) is 114 cm³/mol. The normalized spacial score (nSPS) is 33.7. The quantitative estimate of drug-likeness (QED) is 0.191. The first-order valence-electron chi connectivity index (χ1n) is 10.4. The summed E-state index contributed by atoms with van der Waals surface area (Å²) in [6.45, 7) is 2.97. The summed E-state index contributed by atoms with van der Waals surface area (Å²) >= 11 is 0. The van der Waals surface area contributed by atoms with Crippen LogP contribution in [-0.2, 0) is 36.8 Å². The Morgan fingerprint density at radius 3 is 2.44 bits per heavy atom. The van der Waals surface area contributed by atoms with Gasteiger partial charge in [-0.3, -0.25) is 28.2 Å². The lowest BCUT2D eigenvalue weighted by Gasteiger charge is -2.40. The van der Waals surface area contributed by atoms with Crippen LogP contribution in [0.5, 0.6) is 0 Å². The van der Waals surface area contributed by atoms with E-state index in [-0.39, 0.29) is 12.0 Å².